The summed E-state index contributed by atoms with van der Waals surface area (Å²) in [4.78, 5) is 40.0. The van der Waals surface area contributed by atoms with Crippen molar-refractivity contribution in [2.45, 2.75) is 45.7 Å². The molecule has 2 saturated heterocycles. The molecule has 2 N–H and O–H groups in total. The number of carbonyl (C=O) groups is 3. The van der Waals surface area contributed by atoms with Crippen molar-refractivity contribution in [3.8, 4) is 0 Å². The van der Waals surface area contributed by atoms with Crippen molar-refractivity contribution in [3.63, 3.8) is 0 Å². The summed E-state index contributed by atoms with van der Waals surface area (Å²) < 4.78 is 4.89. The summed E-state index contributed by atoms with van der Waals surface area (Å²) in [6.07, 6.45) is 1.18. The zero-order chi connectivity index (χ0) is 17.7. The molecule has 0 aromatic rings. The van der Waals surface area contributed by atoms with Gasteiger partial charge in [0, 0.05) is 26.2 Å². The van der Waals surface area contributed by atoms with Gasteiger partial charge in [-0.15, -0.1) is 0 Å². The van der Waals surface area contributed by atoms with Gasteiger partial charge in [-0.2, -0.15) is 0 Å². The molecule has 0 aliphatic carbocycles. The van der Waals surface area contributed by atoms with Crippen molar-refractivity contribution in [3.05, 3.63) is 0 Å². The van der Waals surface area contributed by atoms with E-state index in [1.165, 1.54) is 0 Å². The first-order valence-corrected chi connectivity index (χ1v) is 8.70. The SMILES string of the molecule is CCOC(=O)NC(C(=O)N1CCCC(N2CCNC2=O)C1)C(C)C. The molecule has 2 fully saturated rings. The number of hydrogen-bond acceptors (Lipinski definition) is 4. The smallest absolute Gasteiger partial charge is 0.407 e. The normalized spacial score (nSPS) is 22.3. The Morgan fingerprint density at radius 1 is 1.38 bits per heavy atom. The van der Waals surface area contributed by atoms with Gasteiger partial charge in [0.1, 0.15) is 6.04 Å². The van der Waals surface area contributed by atoms with Gasteiger partial charge in [0.2, 0.25) is 5.91 Å². The number of nitrogens with zero attached hydrogens (tertiary/aromatic N) is 2. The maximum atomic E-state index is 12.9. The number of rotatable bonds is 5. The maximum Gasteiger partial charge on any atom is 0.407 e. The minimum absolute atomic E-state index is 0.0422. The van der Waals surface area contributed by atoms with E-state index in [0.29, 0.717) is 26.2 Å². The molecule has 0 aromatic heterocycles. The van der Waals surface area contributed by atoms with Crippen LogP contribution < -0.4 is 10.6 Å². The van der Waals surface area contributed by atoms with Crippen LogP contribution in [0, 0.1) is 5.92 Å². The average molecular weight is 340 g/mol. The molecule has 2 aliphatic rings. The zero-order valence-electron chi connectivity index (χ0n) is 14.7. The quantitative estimate of drug-likeness (QED) is 0.773. The summed E-state index contributed by atoms with van der Waals surface area (Å²) in [5.74, 6) is -0.153. The van der Waals surface area contributed by atoms with Crippen molar-refractivity contribution >= 4 is 18.0 Å². The molecule has 2 aliphatic heterocycles. The summed E-state index contributed by atoms with van der Waals surface area (Å²) in [6, 6.07) is -0.629. The number of hydrogen-bond donors (Lipinski definition) is 2. The van der Waals surface area contributed by atoms with Gasteiger partial charge in [0.05, 0.1) is 12.6 Å². The van der Waals surface area contributed by atoms with E-state index >= 15 is 0 Å². The number of urea groups is 1. The highest BCUT2D eigenvalue weighted by molar-refractivity contribution is 5.86. The van der Waals surface area contributed by atoms with Crippen LogP contribution in [-0.2, 0) is 9.53 Å². The molecule has 2 unspecified atom stereocenters. The van der Waals surface area contributed by atoms with Crippen LogP contribution in [0.15, 0.2) is 0 Å². The van der Waals surface area contributed by atoms with Crippen molar-refractivity contribution < 1.29 is 19.1 Å². The van der Waals surface area contributed by atoms with E-state index in [-0.39, 0.29) is 30.5 Å². The van der Waals surface area contributed by atoms with E-state index in [1.54, 1.807) is 11.8 Å². The van der Waals surface area contributed by atoms with Crippen LogP contribution in [0.4, 0.5) is 9.59 Å². The number of nitrogens with one attached hydrogen (secondary N) is 2. The van der Waals surface area contributed by atoms with Gasteiger partial charge < -0.3 is 25.2 Å². The summed E-state index contributed by atoms with van der Waals surface area (Å²) in [6.45, 7) is 8.28. The molecule has 2 rings (SSSR count). The first-order valence-electron chi connectivity index (χ1n) is 8.70. The summed E-state index contributed by atoms with van der Waals surface area (Å²) >= 11 is 0. The lowest BCUT2D eigenvalue weighted by molar-refractivity contribution is -0.136. The van der Waals surface area contributed by atoms with E-state index in [9.17, 15) is 14.4 Å². The number of alkyl carbamates (subject to hydrolysis) is 1. The second kappa shape index (κ2) is 8.21. The first-order chi connectivity index (χ1) is 11.4. The number of likely N-dealkylation sites (tertiary alicyclic amines) is 1. The Morgan fingerprint density at radius 2 is 2.12 bits per heavy atom. The van der Waals surface area contributed by atoms with E-state index in [0.717, 1.165) is 12.8 Å². The van der Waals surface area contributed by atoms with Crippen LogP contribution in [0.2, 0.25) is 0 Å². The largest absolute Gasteiger partial charge is 0.450 e. The number of amides is 4. The van der Waals surface area contributed by atoms with Crippen LogP contribution in [0.25, 0.3) is 0 Å². The summed E-state index contributed by atoms with van der Waals surface area (Å²) in [5, 5.41) is 5.46. The highest BCUT2D eigenvalue weighted by Crippen LogP contribution is 2.19. The Labute approximate surface area is 142 Å². The molecule has 4 amide bonds. The Kier molecular flexibility index (Phi) is 6.28. The number of piperidine rings is 1. The van der Waals surface area contributed by atoms with Gasteiger partial charge in [0.25, 0.3) is 0 Å². The molecule has 0 aromatic carbocycles. The van der Waals surface area contributed by atoms with E-state index in [1.807, 2.05) is 18.7 Å². The van der Waals surface area contributed by atoms with E-state index < -0.39 is 12.1 Å². The standard InChI is InChI=1S/C16H28N4O4/c1-4-24-16(23)18-13(11(2)3)14(21)19-8-5-6-12(10-19)20-9-7-17-15(20)22/h11-13H,4-10H2,1-3H3,(H,17,22)(H,18,23). The highest BCUT2D eigenvalue weighted by atomic mass is 16.5. The molecule has 2 heterocycles. The molecule has 0 bridgehead atoms. The lowest BCUT2D eigenvalue weighted by Crippen LogP contribution is -2.56. The van der Waals surface area contributed by atoms with Gasteiger partial charge >= 0.3 is 12.1 Å². The summed E-state index contributed by atoms with van der Waals surface area (Å²) in [7, 11) is 0. The molecular weight excluding hydrogens is 312 g/mol. The molecule has 0 radical (unpaired) electrons. The van der Waals surface area contributed by atoms with Crippen LogP contribution >= 0.6 is 0 Å². The first kappa shape index (κ1) is 18.4. The predicted octanol–water partition coefficient (Wildman–Crippen LogP) is 0.773. The Bertz CT molecular complexity index is 483. The lowest BCUT2D eigenvalue weighted by atomic mass is 9.99. The van der Waals surface area contributed by atoms with Crippen molar-refractivity contribution in [2.24, 2.45) is 5.92 Å². The van der Waals surface area contributed by atoms with E-state index in [2.05, 4.69) is 10.6 Å². The highest BCUT2D eigenvalue weighted by Gasteiger charge is 2.36. The van der Waals surface area contributed by atoms with Crippen molar-refractivity contribution in [2.75, 3.05) is 32.8 Å². The topological polar surface area (TPSA) is 91.0 Å². The van der Waals surface area contributed by atoms with Crippen LogP contribution in [0.1, 0.15) is 33.6 Å². The van der Waals surface area contributed by atoms with Crippen molar-refractivity contribution in [1.82, 2.24) is 20.4 Å². The molecule has 8 heteroatoms. The van der Waals surface area contributed by atoms with Crippen LogP contribution in [-0.4, -0.2) is 72.7 Å². The fourth-order valence-electron chi connectivity index (χ4n) is 3.25. The van der Waals surface area contributed by atoms with Gasteiger partial charge in [-0.25, -0.2) is 9.59 Å². The third kappa shape index (κ3) is 4.30. The molecule has 24 heavy (non-hydrogen) atoms. The minimum atomic E-state index is -0.616. The lowest BCUT2D eigenvalue weighted by Gasteiger charge is -2.39. The molecule has 0 saturated carbocycles. The predicted molar refractivity (Wildman–Crippen MR) is 88.5 cm³/mol. The number of ether oxygens (including phenoxy) is 1. The number of carbonyl (C=O) groups excluding carboxylic acids is 3. The Hall–Kier alpha value is -1.99. The fourth-order valence-corrected chi connectivity index (χ4v) is 3.25. The zero-order valence-corrected chi connectivity index (χ0v) is 14.7. The molecule has 0 spiro atoms. The average Bonchev–Trinajstić information content (AvgIpc) is 2.98. The Balaban J connectivity index is 2.00. The third-order valence-electron chi connectivity index (χ3n) is 4.52. The fraction of sp³-hybridized carbons (Fsp3) is 0.812. The molecular formula is C16H28N4O4. The van der Waals surface area contributed by atoms with Crippen LogP contribution in [0.5, 0.6) is 0 Å². The summed E-state index contributed by atoms with van der Waals surface area (Å²) in [5.41, 5.74) is 0. The molecule has 2 atom stereocenters. The van der Waals surface area contributed by atoms with Crippen molar-refractivity contribution in [1.29, 1.82) is 0 Å². The second-order valence-corrected chi connectivity index (χ2v) is 6.59. The van der Waals surface area contributed by atoms with E-state index in [4.69, 9.17) is 4.74 Å². The minimum Gasteiger partial charge on any atom is -0.450 e. The monoisotopic (exact) mass is 340 g/mol. The third-order valence-corrected chi connectivity index (χ3v) is 4.52. The van der Waals surface area contributed by atoms with Gasteiger partial charge in [-0.3, -0.25) is 4.79 Å². The van der Waals surface area contributed by atoms with Gasteiger partial charge in [0.15, 0.2) is 0 Å². The molecule has 136 valence electrons. The van der Waals surface area contributed by atoms with Crippen LogP contribution in [0.3, 0.4) is 0 Å². The second-order valence-electron chi connectivity index (χ2n) is 6.59. The maximum absolute atomic E-state index is 12.9. The molecule has 8 nitrogen and oxygen atoms in total. The van der Waals surface area contributed by atoms with Gasteiger partial charge in [-0.1, -0.05) is 13.8 Å². The Morgan fingerprint density at radius 3 is 2.71 bits per heavy atom. The van der Waals surface area contributed by atoms with Gasteiger partial charge in [-0.05, 0) is 25.7 Å².